The second-order valence-electron chi connectivity index (χ2n) is 5.29. The number of hydrogen-bond acceptors (Lipinski definition) is 6. The number of carbonyl (C=O) groups is 1. The Labute approximate surface area is 145 Å². The van der Waals surface area contributed by atoms with Crippen molar-refractivity contribution < 1.29 is 23.1 Å². The van der Waals surface area contributed by atoms with Gasteiger partial charge in [-0.2, -0.15) is 9.40 Å². The third-order valence-electron chi connectivity index (χ3n) is 3.42. The summed E-state index contributed by atoms with van der Waals surface area (Å²) in [7, 11) is -2.13. The number of aliphatic carboxylic acids is 1. The van der Waals surface area contributed by atoms with Gasteiger partial charge in [0.2, 0.25) is 10.0 Å². The molecule has 25 heavy (non-hydrogen) atoms. The predicted octanol–water partition coefficient (Wildman–Crippen LogP) is 0.879. The molecule has 0 atom stereocenters. The second-order valence-corrected chi connectivity index (χ2v) is 7.23. The molecule has 0 unspecified atom stereocenters. The van der Waals surface area contributed by atoms with Crippen LogP contribution in [0.15, 0.2) is 35.5 Å². The van der Waals surface area contributed by atoms with Gasteiger partial charge in [0.05, 0.1) is 4.90 Å². The van der Waals surface area contributed by atoms with Gasteiger partial charge in [-0.1, -0.05) is 6.92 Å². The highest BCUT2D eigenvalue weighted by molar-refractivity contribution is 7.89. The topological polar surface area (TPSA) is 115 Å². The van der Waals surface area contributed by atoms with Gasteiger partial charge in [0.25, 0.3) is 0 Å². The van der Waals surface area contributed by atoms with Crippen molar-refractivity contribution in [2.75, 3.05) is 13.1 Å². The van der Waals surface area contributed by atoms with Gasteiger partial charge in [0.1, 0.15) is 25.2 Å². The van der Waals surface area contributed by atoms with Crippen LogP contribution in [0.3, 0.4) is 0 Å². The highest BCUT2D eigenvalue weighted by atomic mass is 32.2. The van der Waals surface area contributed by atoms with E-state index in [1.165, 1.54) is 30.6 Å². The van der Waals surface area contributed by atoms with E-state index in [1.54, 1.807) is 18.7 Å². The molecular weight excluding hydrogens is 348 g/mol. The molecule has 1 heterocycles. The average molecular weight is 368 g/mol. The Kier molecular flexibility index (Phi) is 6.10. The number of nitrogens with zero attached hydrogens (tertiary/aromatic N) is 4. The molecule has 0 aliphatic rings. The van der Waals surface area contributed by atoms with Gasteiger partial charge in [-0.25, -0.2) is 13.4 Å². The molecule has 2 aromatic rings. The Hall–Kier alpha value is -2.46. The largest absolute Gasteiger partial charge is 0.486 e. The van der Waals surface area contributed by atoms with Gasteiger partial charge in [-0.05, 0) is 30.7 Å². The number of carboxylic acids is 1. The summed E-state index contributed by atoms with van der Waals surface area (Å²) < 4.78 is 33.2. The second kappa shape index (κ2) is 8.08. The van der Waals surface area contributed by atoms with Crippen molar-refractivity contribution in [3.8, 4) is 5.75 Å². The molecule has 1 N–H and O–H groups in total. The summed E-state index contributed by atoms with van der Waals surface area (Å²) in [6, 6.07) is 5.83. The number of ether oxygens (including phenoxy) is 1. The van der Waals surface area contributed by atoms with Crippen LogP contribution >= 0.6 is 0 Å². The lowest BCUT2D eigenvalue weighted by molar-refractivity contribution is -0.137. The highest BCUT2D eigenvalue weighted by Gasteiger charge is 2.25. The minimum atomic E-state index is -3.87. The molecule has 0 bridgehead atoms. The predicted molar refractivity (Wildman–Crippen MR) is 88.5 cm³/mol. The van der Waals surface area contributed by atoms with E-state index in [4.69, 9.17) is 9.84 Å². The van der Waals surface area contributed by atoms with Gasteiger partial charge in [0, 0.05) is 13.6 Å². The van der Waals surface area contributed by atoms with Crippen LogP contribution in [0.4, 0.5) is 0 Å². The highest BCUT2D eigenvalue weighted by Crippen LogP contribution is 2.20. The summed E-state index contributed by atoms with van der Waals surface area (Å²) >= 11 is 0. The van der Waals surface area contributed by atoms with Crippen LogP contribution in [0.5, 0.6) is 5.75 Å². The summed E-state index contributed by atoms with van der Waals surface area (Å²) in [5, 5.41) is 12.8. The van der Waals surface area contributed by atoms with Crippen LogP contribution < -0.4 is 4.74 Å². The molecule has 0 aliphatic carbocycles. The average Bonchev–Trinajstić information content (AvgIpc) is 2.97. The number of aryl methyl sites for hydroxylation is 1. The van der Waals surface area contributed by atoms with E-state index in [0.717, 1.165) is 4.31 Å². The van der Waals surface area contributed by atoms with Gasteiger partial charge in [-0.15, -0.1) is 0 Å². The van der Waals surface area contributed by atoms with Crippen LogP contribution in [0.25, 0.3) is 0 Å². The zero-order valence-corrected chi connectivity index (χ0v) is 14.8. The summed E-state index contributed by atoms with van der Waals surface area (Å²) in [4.78, 5) is 15.0. The van der Waals surface area contributed by atoms with E-state index in [-0.39, 0.29) is 18.0 Å². The number of aromatic nitrogens is 3. The molecule has 136 valence electrons. The lowest BCUT2D eigenvalue weighted by Gasteiger charge is -2.19. The maximum atomic E-state index is 12.6. The summed E-state index contributed by atoms with van der Waals surface area (Å²) in [6.45, 7) is 1.55. The van der Waals surface area contributed by atoms with E-state index in [1.807, 2.05) is 0 Å². The molecule has 0 amide bonds. The first kappa shape index (κ1) is 18.9. The van der Waals surface area contributed by atoms with Crippen molar-refractivity contribution in [3.05, 3.63) is 36.4 Å². The van der Waals surface area contributed by atoms with Crippen LogP contribution in [-0.2, 0) is 28.5 Å². The Bertz CT molecular complexity index is 817. The van der Waals surface area contributed by atoms with Crippen LogP contribution in [0.2, 0.25) is 0 Å². The van der Waals surface area contributed by atoms with Crippen molar-refractivity contribution in [1.82, 2.24) is 19.1 Å². The monoisotopic (exact) mass is 368 g/mol. The zero-order valence-electron chi connectivity index (χ0n) is 14.0. The Morgan fingerprint density at radius 3 is 2.52 bits per heavy atom. The standard InChI is InChI=1S/C15H20N4O5S/c1-3-8-19(9-15(20)21)25(22,23)13-6-4-12(5-7-13)24-10-14-16-11-17-18(14)2/h4-7,11H,3,8-10H2,1-2H3,(H,20,21). The lowest BCUT2D eigenvalue weighted by Crippen LogP contribution is -2.36. The molecular formula is C15H20N4O5S. The van der Waals surface area contributed by atoms with Crippen molar-refractivity contribution in [2.45, 2.75) is 24.8 Å². The fraction of sp³-hybridized carbons (Fsp3) is 0.400. The maximum absolute atomic E-state index is 12.6. The van der Waals surface area contributed by atoms with Crippen molar-refractivity contribution >= 4 is 16.0 Å². The molecule has 0 aliphatic heterocycles. The Balaban J connectivity index is 2.11. The first-order valence-corrected chi connectivity index (χ1v) is 9.06. The number of carboxylic acid groups (broad SMARTS) is 1. The Morgan fingerprint density at radius 2 is 2.00 bits per heavy atom. The molecule has 0 fully saturated rings. The number of hydrogen-bond donors (Lipinski definition) is 1. The number of benzene rings is 1. The quantitative estimate of drug-likeness (QED) is 0.698. The van der Waals surface area contributed by atoms with E-state index in [9.17, 15) is 13.2 Å². The number of rotatable bonds is 9. The summed E-state index contributed by atoms with van der Waals surface area (Å²) in [5.74, 6) is -0.0878. The summed E-state index contributed by atoms with van der Waals surface area (Å²) in [5.41, 5.74) is 0. The van der Waals surface area contributed by atoms with Gasteiger partial charge >= 0.3 is 5.97 Å². The third-order valence-corrected chi connectivity index (χ3v) is 5.28. The lowest BCUT2D eigenvalue weighted by atomic mass is 10.3. The minimum absolute atomic E-state index is 0.0215. The van der Waals surface area contributed by atoms with E-state index in [0.29, 0.717) is 18.0 Å². The molecule has 2 rings (SSSR count). The molecule has 0 saturated carbocycles. The summed E-state index contributed by atoms with van der Waals surface area (Å²) in [6.07, 6.45) is 1.94. The van der Waals surface area contributed by atoms with E-state index < -0.39 is 22.5 Å². The van der Waals surface area contributed by atoms with Crippen LogP contribution in [0, 0.1) is 0 Å². The minimum Gasteiger partial charge on any atom is -0.486 e. The number of sulfonamides is 1. The van der Waals surface area contributed by atoms with Gasteiger partial charge < -0.3 is 9.84 Å². The normalized spacial score (nSPS) is 11.6. The smallest absolute Gasteiger partial charge is 0.318 e. The third kappa shape index (κ3) is 4.77. The molecule has 9 nitrogen and oxygen atoms in total. The molecule has 1 aromatic carbocycles. The van der Waals surface area contributed by atoms with Crippen molar-refractivity contribution in [1.29, 1.82) is 0 Å². The first-order valence-electron chi connectivity index (χ1n) is 7.62. The van der Waals surface area contributed by atoms with Crippen molar-refractivity contribution in [3.63, 3.8) is 0 Å². The molecule has 0 radical (unpaired) electrons. The fourth-order valence-electron chi connectivity index (χ4n) is 2.14. The zero-order chi connectivity index (χ0) is 18.4. The van der Waals surface area contributed by atoms with Gasteiger partial charge in [-0.3, -0.25) is 9.48 Å². The van der Waals surface area contributed by atoms with Crippen molar-refractivity contribution in [2.24, 2.45) is 7.05 Å². The first-order chi connectivity index (χ1) is 11.8. The SMILES string of the molecule is CCCN(CC(=O)O)S(=O)(=O)c1ccc(OCc2ncnn2C)cc1. The van der Waals surface area contributed by atoms with Gasteiger partial charge in [0.15, 0.2) is 5.82 Å². The molecule has 0 saturated heterocycles. The molecule has 10 heteroatoms. The maximum Gasteiger partial charge on any atom is 0.318 e. The Morgan fingerprint density at radius 1 is 1.32 bits per heavy atom. The van der Waals surface area contributed by atoms with Crippen LogP contribution in [-0.4, -0.2) is 51.7 Å². The van der Waals surface area contributed by atoms with E-state index in [2.05, 4.69) is 10.1 Å². The van der Waals surface area contributed by atoms with Crippen LogP contribution in [0.1, 0.15) is 19.2 Å². The molecule has 0 spiro atoms. The fourth-order valence-corrected chi connectivity index (χ4v) is 3.62. The molecule has 1 aromatic heterocycles. The van der Waals surface area contributed by atoms with E-state index >= 15 is 0 Å².